The van der Waals surface area contributed by atoms with Crippen LogP contribution in [-0.4, -0.2) is 99.6 Å². The van der Waals surface area contributed by atoms with Crippen molar-refractivity contribution in [2.45, 2.75) is 44.6 Å². The van der Waals surface area contributed by atoms with Crippen LogP contribution in [0.5, 0.6) is 0 Å². The summed E-state index contributed by atoms with van der Waals surface area (Å²) in [5.74, 6) is 1.11. The van der Waals surface area contributed by atoms with Crippen LogP contribution in [0.1, 0.15) is 49.8 Å². The van der Waals surface area contributed by atoms with Gasteiger partial charge in [0.1, 0.15) is 5.69 Å². The standard InChI is InChI=1S/C28H36ClN11O/c29-25-22(34-28-35-26(33-20-4-5-20)27-32-18-21(17-31)40(27)36-28)14-19(16-30)15-23(25)38-10-12-39(13-11-38)24(41)6-9-37-7-2-1-3-8-37/h14-18,20,30-31H,1-13H2,(H2,33,34,35,36). The van der Waals surface area contributed by atoms with E-state index in [1.165, 1.54) is 31.7 Å². The molecule has 41 heavy (non-hydrogen) atoms. The summed E-state index contributed by atoms with van der Waals surface area (Å²) in [7, 11) is 0. The van der Waals surface area contributed by atoms with E-state index < -0.39 is 0 Å². The van der Waals surface area contributed by atoms with E-state index in [0.717, 1.165) is 38.2 Å². The average Bonchev–Trinajstić information content (AvgIpc) is 3.73. The molecule has 1 amide bonds. The van der Waals surface area contributed by atoms with Crippen LogP contribution in [0.4, 0.5) is 23.1 Å². The summed E-state index contributed by atoms with van der Waals surface area (Å²) in [6, 6.07) is 4.06. The Labute approximate surface area is 244 Å². The Bertz CT molecular complexity index is 1440. The summed E-state index contributed by atoms with van der Waals surface area (Å²) in [5, 5.41) is 27.4. The number of benzene rings is 1. The van der Waals surface area contributed by atoms with E-state index >= 15 is 0 Å². The second-order valence-electron chi connectivity index (χ2n) is 11.0. The van der Waals surface area contributed by atoms with Gasteiger partial charge in [-0.15, -0.1) is 5.10 Å². The van der Waals surface area contributed by atoms with E-state index in [1.54, 1.807) is 16.8 Å². The van der Waals surface area contributed by atoms with Gasteiger partial charge < -0.3 is 36.2 Å². The zero-order chi connectivity index (χ0) is 28.3. The smallest absolute Gasteiger partial charge is 0.247 e. The first-order valence-corrected chi connectivity index (χ1v) is 14.8. The first-order valence-electron chi connectivity index (χ1n) is 14.4. The zero-order valence-electron chi connectivity index (χ0n) is 23.1. The number of piperazine rings is 1. The quantitative estimate of drug-likeness (QED) is 0.268. The Morgan fingerprint density at radius 3 is 2.54 bits per heavy atom. The number of amides is 1. The molecule has 0 atom stereocenters. The highest BCUT2D eigenvalue weighted by molar-refractivity contribution is 6.36. The van der Waals surface area contributed by atoms with Gasteiger partial charge in [0.05, 0.1) is 22.6 Å². The number of aromatic nitrogens is 4. The topological polar surface area (TPSA) is 142 Å². The fraction of sp³-hybridized carbons (Fsp3) is 0.500. The number of carbonyl (C=O) groups is 1. The number of fused-ring (bicyclic) bond motifs is 1. The fourth-order valence-electron chi connectivity index (χ4n) is 5.52. The molecule has 216 valence electrons. The van der Waals surface area contributed by atoms with E-state index in [4.69, 9.17) is 22.4 Å². The van der Waals surface area contributed by atoms with Gasteiger partial charge in [0, 0.05) is 57.6 Å². The largest absolute Gasteiger partial charge is 0.367 e. The summed E-state index contributed by atoms with van der Waals surface area (Å²) in [4.78, 5) is 28.5. The maximum atomic E-state index is 12.9. The number of imidazole rings is 1. The van der Waals surface area contributed by atoms with E-state index in [-0.39, 0.29) is 5.91 Å². The summed E-state index contributed by atoms with van der Waals surface area (Å²) in [6.07, 6.45) is 10.6. The number of nitrogens with one attached hydrogen (secondary N) is 4. The lowest BCUT2D eigenvalue weighted by Crippen LogP contribution is -2.49. The Kier molecular flexibility index (Phi) is 8.02. The number of carbonyl (C=O) groups excluding carboxylic acids is 1. The number of rotatable bonds is 10. The number of halogens is 1. The van der Waals surface area contributed by atoms with E-state index in [1.807, 2.05) is 11.0 Å². The van der Waals surface area contributed by atoms with Crippen LogP contribution in [0, 0.1) is 10.8 Å². The van der Waals surface area contributed by atoms with Gasteiger partial charge in [-0.05, 0) is 56.5 Å². The number of hydrogen-bond donors (Lipinski definition) is 4. The molecule has 3 fully saturated rings. The van der Waals surface area contributed by atoms with Crippen LogP contribution < -0.4 is 15.5 Å². The maximum Gasteiger partial charge on any atom is 0.247 e. The molecule has 6 rings (SSSR count). The van der Waals surface area contributed by atoms with Crippen molar-refractivity contribution >= 4 is 58.7 Å². The molecule has 1 aliphatic carbocycles. The van der Waals surface area contributed by atoms with Crippen molar-refractivity contribution in [3.63, 3.8) is 0 Å². The second kappa shape index (κ2) is 12.0. The molecule has 2 aromatic heterocycles. The minimum Gasteiger partial charge on any atom is -0.367 e. The van der Waals surface area contributed by atoms with Crippen LogP contribution in [0.3, 0.4) is 0 Å². The molecule has 4 heterocycles. The Balaban J connectivity index is 1.18. The summed E-state index contributed by atoms with van der Waals surface area (Å²) in [5.41, 5.74) is 3.16. The van der Waals surface area contributed by atoms with Gasteiger partial charge in [0.2, 0.25) is 11.9 Å². The van der Waals surface area contributed by atoms with Crippen molar-refractivity contribution in [1.29, 1.82) is 10.8 Å². The SMILES string of the molecule is N=Cc1cc(Nc2nc(NC3CC3)c3ncc(C=N)n3n2)c(Cl)c(N2CCN(C(=O)CCN3CCCCC3)CC2)c1. The highest BCUT2D eigenvalue weighted by Crippen LogP contribution is 2.36. The molecule has 1 saturated carbocycles. The van der Waals surface area contributed by atoms with Crippen LogP contribution in [0.25, 0.3) is 5.65 Å². The van der Waals surface area contributed by atoms with Crippen molar-refractivity contribution in [2.75, 3.05) is 61.3 Å². The lowest BCUT2D eigenvalue weighted by atomic mass is 10.1. The molecule has 0 bridgehead atoms. The van der Waals surface area contributed by atoms with E-state index in [0.29, 0.717) is 78.0 Å². The molecule has 12 nitrogen and oxygen atoms in total. The van der Waals surface area contributed by atoms with Gasteiger partial charge in [-0.1, -0.05) is 18.0 Å². The zero-order valence-corrected chi connectivity index (χ0v) is 23.8. The molecule has 13 heteroatoms. The number of anilines is 4. The minimum atomic E-state index is 0.212. The van der Waals surface area contributed by atoms with Gasteiger partial charge in [-0.25, -0.2) is 9.50 Å². The number of nitrogens with zero attached hydrogens (tertiary/aromatic N) is 7. The second-order valence-corrected chi connectivity index (χ2v) is 11.3. The van der Waals surface area contributed by atoms with Gasteiger partial charge >= 0.3 is 0 Å². The van der Waals surface area contributed by atoms with Crippen LogP contribution in [0.15, 0.2) is 18.3 Å². The highest BCUT2D eigenvalue weighted by atomic mass is 35.5. The normalized spacial score (nSPS) is 18.0. The predicted octanol–water partition coefficient (Wildman–Crippen LogP) is 3.62. The van der Waals surface area contributed by atoms with Gasteiger partial charge in [-0.2, -0.15) is 4.98 Å². The Morgan fingerprint density at radius 2 is 1.83 bits per heavy atom. The van der Waals surface area contributed by atoms with Crippen molar-refractivity contribution in [2.24, 2.45) is 0 Å². The third-order valence-electron chi connectivity index (χ3n) is 8.01. The van der Waals surface area contributed by atoms with E-state index in [9.17, 15) is 4.79 Å². The lowest BCUT2D eigenvalue weighted by molar-refractivity contribution is -0.131. The number of hydrogen-bond acceptors (Lipinski definition) is 10. The molecule has 2 saturated heterocycles. The third kappa shape index (κ3) is 6.13. The molecule has 3 aromatic rings. The average molecular weight is 578 g/mol. The Morgan fingerprint density at radius 1 is 1.05 bits per heavy atom. The fourth-order valence-corrected chi connectivity index (χ4v) is 5.79. The molecule has 2 aliphatic heterocycles. The van der Waals surface area contributed by atoms with Crippen molar-refractivity contribution in [1.82, 2.24) is 29.4 Å². The number of piperidine rings is 1. The van der Waals surface area contributed by atoms with Crippen molar-refractivity contribution < 1.29 is 4.79 Å². The molecule has 0 radical (unpaired) electrons. The molecular weight excluding hydrogens is 542 g/mol. The number of likely N-dealkylation sites (tertiary alicyclic amines) is 1. The van der Waals surface area contributed by atoms with Gasteiger partial charge in [-0.3, -0.25) is 4.79 Å². The molecule has 4 N–H and O–H groups in total. The van der Waals surface area contributed by atoms with Crippen LogP contribution in [0.2, 0.25) is 5.02 Å². The molecular formula is C28H36ClN11O. The molecule has 0 unspecified atom stereocenters. The van der Waals surface area contributed by atoms with Gasteiger partial charge in [0.15, 0.2) is 11.5 Å². The van der Waals surface area contributed by atoms with Crippen LogP contribution in [-0.2, 0) is 4.79 Å². The van der Waals surface area contributed by atoms with Crippen LogP contribution >= 0.6 is 11.6 Å². The maximum absolute atomic E-state index is 12.9. The summed E-state index contributed by atoms with van der Waals surface area (Å²) >= 11 is 6.95. The monoisotopic (exact) mass is 577 g/mol. The molecule has 3 aliphatic rings. The first-order chi connectivity index (χ1) is 20.0. The highest BCUT2D eigenvalue weighted by Gasteiger charge is 2.26. The minimum absolute atomic E-state index is 0.212. The van der Waals surface area contributed by atoms with Crippen molar-refractivity contribution in [3.05, 3.63) is 34.6 Å². The first kappa shape index (κ1) is 27.4. The Hall–Kier alpha value is -3.77. The van der Waals surface area contributed by atoms with Crippen molar-refractivity contribution in [3.8, 4) is 0 Å². The van der Waals surface area contributed by atoms with Gasteiger partial charge in [0.25, 0.3) is 0 Å². The lowest BCUT2D eigenvalue weighted by Gasteiger charge is -2.37. The summed E-state index contributed by atoms with van der Waals surface area (Å²) in [6.45, 7) is 5.63. The summed E-state index contributed by atoms with van der Waals surface area (Å²) < 4.78 is 1.59. The third-order valence-corrected chi connectivity index (χ3v) is 8.40. The molecule has 1 aromatic carbocycles. The van der Waals surface area contributed by atoms with E-state index in [2.05, 4.69) is 35.5 Å². The molecule has 0 spiro atoms. The predicted molar refractivity (Wildman–Crippen MR) is 162 cm³/mol.